The fourth-order valence-corrected chi connectivity index (χ4v) is 1.87. The molecule has 0 heterocycles. The molecule has 2 aromatic carbocycles. The molecule has 14 heavy (non-hydrogen) atoms. The van der Waals surface area contributed by atoms with E-state index in [-0.39, 0.29) is 17.1 Å². The minimum absolute atomic E-state index is 0. The van der Waals surface area contributed by atoms with Crippen molar-refractivity contribution in [2.45, 2.75) is 0 Å². The second kappa shape index (κ2) is 8.53. The summed E-state index contributed by atoms with van der Waals surface area (Å²) in [6.07, 6.45) is 0. The molecule has 0 saturated heterocycles. The van der Waals surface area contributed by atoms with Gasteiger partial charge in [-0.1, -0.05) is 22.5 Å². The molecule has 0 aliphatic rings. The van der Waals surface area contributed by atoms with Gasteiger partial charge < -0.3 is 30.3 Å². The zero-order valence-electron chi connectivity index (χ0n) is 7.25. The predicted octanol–water partition coefficient (Wildman–Crippen LogP) is 4.22. The van der Waals surface area contributed by atoms with Crippen molar-refractivity contribution in [3.05, 3.63) is 54.6 Å². The van der Waals surface area contributed by atoms with Crippen LogP contribution in [0.3, 0.4) is 0 Å². The van der Waals surface area contributed by atoms with Crippen molar-refractivity contribution in [2.75, 3.05) is 0 Å². The van der Waals surface area contributed by atoms with Gasteiger partial charge in [0.25, 0.3) is 0 Å². The molecule has 0 aliphatic carbocycles. The van der Waals surface area contributed by atoms with Crippen molar-refractivity contribution < 1.29 is 17.1 Å². The summed E-state index contributed by atoms with van der Waals surface area (Å²) in [6, 6.07) is 17.7. The van der Waals surface area contributed by atoms with E-state index in [1.54, 1.807) is 0 Å². The molecular weight excluding hydrogens is 278 g/mol. The van der Waals surface area contributed by atoms with E-state index in [4.69, 9.17) is 22.5 Å². The Morgan fingerprint density at radius 1 is 0.857 bits per heavy atom. The average Bonchev–Trinajstić information content (AvgIpc) is 2.82. The molecule has 82 valence electrons. The van der Waals surface area contributed by atoms with Crippen LogP contribution in [0.2, 0.25) is 0 Å². The summed E-state index contributed by atoms with van der Waals surface area (Å²) in [5, 5.41) is 1.03. The minimum Gasteiger partial charge on any atom is -0.748 e. The van der Waals surface area contributed by atoms with Gasteiger partial charge >= 0.3 is 0 Å². The van der Waals surface area contributed by atoms with Gasteiger partial charge in [0.2, 0.25) is 0 Å². The van der Waals surface area contributed by atoms with Crippen molar-refractivity contribution in [1.29, 1.82) is 0 Å². The van der Waals surface area contributed by atoms with Gasteiger partial charge in [0, 0.05) is 17.1 Å². The Morgan fingerprint density at radius 2 is 1.21 bits per heavy atom. The molecule has 4 heteroatoms. The average molecular weight is 287 g/mol. The third-order valence-electron chi connectivity index (χ3n) is 1.40. The van der Waals surface area contributed by atoms with Crippen LogP contribution in [-0.4, -0.2) is 0 Å². The Hall–Kier alpha value is 0.229. The van der Waals surface area contributed by atoms with E-state index in [1.807, 2.05) is 54.6 Å². The quantitative estimate of drug-likeness (QED) is 0.418. The molecule has 0 N–H and O–H groups in total. The van der Waals surface area contributed by atoms with Gasteiger partial charge in [0.1, 0.15) is 0 Å². The maximum atomic E-state index is 5.57. The topological polar surface area (TPSA) is 0 Å². The van der Waals surface area contributed by atoms with E-state index in [0.717, 1.165) is 5.30 Å². The van der Waals surface area contributed by atoms with Crippen molar-refractivity contribution in [2.24, 2.45) is 0 Å². The van der Waals surface area contributed by atoms with E-state index < -0.39 is 6.63 Å². The fraction of sp³-hybridized carbons (Fsp3) is 0. The van der Waals surface area contributed by atoms with E-state index in [9.17, 15) is 0 Å². The van der Waals surface area contributed by atoms with Crippen molar-refractivity contribution in [1.82, 2.24) is 0 Å². The molecule has 2 aromatic rings. The molecule has 2 rings (SSSR count). The maximum absolute atomic E-state index is 5.57. The molecule has 0 radical (unpaired) electrons. The summed E-state index contributed by atoms with van der Waals surface area (Å²) in [6.45, 7) is -0.914. The van der Waals surface area contributed by atoms with E-state index in [2.05, 4.69) is 0 Å². The van der Waals surface area contributed by atoms with Gasteiger partial charge in [-0.25, -0.2) is 12.1 Å². The van der Waals surface area contributed by atoms with E-state index >= 15 is 0 Å². The molecule has 0 unspecified atom stereocenters. The van der Waals surface area contributed by atoms with Crippen molar-refractivity contribution >= 4 is 34.4 Å². The van der Waals surface area contributed by atoms with Crippen LogP contribution < -0.4 is 5.30 Å². The van der Waals surface area contributed by atoms with Crippen molar-refractivity contribution in [3.63, 3.8) is 0 Å². The first-order valence-corrected chi connectivity index (χ1v) is 6.96. The van der Waals surface area contributed by atoms with Crippen LogP contribution in [0.5, 0.6) is 0 Å². The van der Waals surface area contributed by atoms with Gasteiger partial charge in [-0.05, 0) is 0 Å². The number of hydrogen-bond donors (Lipinski definition) is 0. The van der Waals surface area contributed by atoms with Crippen LogP contribution in [-0.2, 0) is 17.1 Å². The standard InChI is InChI=1S/C5H4Cl2P.C5H5.Fe/c6-8(7)5-3-1-2-4-5;1-2-4-5-3-1;/h1-4H;1-5H;/q-1;-5;. The summed E-state index contributed by atoms with van der Waals surface area (Å²) < 4.78 is 0. The SMILES string of the molecule is ClP(Cl)[c-]1cccc1.[Fe].[cH-]1[cH-][cH-][cH-][cH-]1. The van der Waals surface area contributed by atoms with Crippen LogP contribution >= 0.6 is 29.1 Å². The fourth-order valence-electron chi connectivity index (χ4n) is 0.797. The van der Waals surface area contributed by atoms with Crippen molar-refractivity contribution in [3.8, 4) is 0 Å². The number of rotatable bonds is 1. The molecule has 0 fully saturated rings. The molecule has 0 spiro atoms. The molecule has 0 aliphatic heterocycles. The summed E-state index contributed by atoms with van der Waals surface area (Å²) in [5.74, 6) is 0. The summed E-state index contributed by atoms with van der Waals surface area (Å²) in [7, 11) is 0. The van der Waals surface area contributed by atoms with Gasteiger partial charge in [0.05, 0.1) is 6.63 Å². The summed E-state index contributed by atoms with van der Waals surface area (Å²) in [5.41, 5.74) is 0. The van der Waals surface area contributed by atoms with Crippen LogP contribution in [0, 0.1) is 0 Å². The van der Waals surface area contributed by atoms with Crippen LogP contribution in [0.25, 0.3) is 0 Å². The monoisotopic (exact) mass is 286 g/mol. The third-order valence-corrected chi connectivity index (χ3v) is 3.26. The third kappa shape index (κ3) is 5.85. The van der Waals surface area contributed by atoms with E-state index in [0.29, 0.717) is 0 Å². The molecule has 0 amide bonds. The maximum Gasteiger partial charge on any atom is 0.0589 e. The Bertz CT molecular complexity index is 273. The second-order valence-electron chi connectivity index (χ2n) is 2.34. The van der Waals surface area contributed by atoms with Gasteiger partial charge in [0.15, 0.2) is 0 Å². The van der Waals surface area contributed by atoms with Gasteiger partial charge in [-0.3, -0.25) is 0 Å². The normalized spacial score (nSPS) is 8.79. The largest absolute Gasteiger partial charge is 0.748 e. The Morgan fingerprint density at radius 3 is 1.43 bits per heavy atom. The zero-order valence-corrected chi connectivity index (χ0v) is 10.8. The van der Waals surface area contributed by atoms with Crippen LogP contribution in [0.1, 0.15) is 0 Å². The summed E-state index contributed by atoms with van der Waals surface area (Å²) in [4.78, 5) is 0. The zero-order chi connectivity index (χ0) is 9.52. The molecule has 0 atom stereocenters. The molecule has 0 nitrogen and oxygen atoms in total. The first kappa shape index (κ1) is 14.2. The molecular formula is C10H9Cl2FeP-6. The van der Waals surface area contributed by atoms with Gasteiger partial charge in [-0.15, -0.1) is 5.30 Å². The first-order valence-electron chi connectivity index (χ1n) is 3.81. The predicted molar refractivity (Wildman–Crippen MR) is 62.3 cm³/mol. The van der Waals surface area contributed by atoms with Gasteiger partial charge in [-0.2, -0.15) is 12.1 Å². The smallest absolute Gasteiger partial charge is 0.0589 e. The Balaban J connectivity index is 0.000000246. The molecule has 0 saturated carbocycles. The molecule has 0 bridgehead atoms. The molecule has 0 aromatic heterocycles. The Labute approximate surface area is 106 Å². The Kier molecular flexibility index (Phi) is 8.67. The van der Waals surface area contributed by atoms with E-state index in [1.165, 1.54) is 0 Å². The number of hydrogen-bond acceptors (Lipinski definition) is 0. The minimum atomic E-state index is -0.914. The first-order chi connectivity index (χ1) is 6.30. The van der Waals surface area contributed by atoms with Crippen LogP contribution in [0.4, 0.5) is 0 Å². The van der Waals surface area contributed by atoms with Crippen LogP contribution in [0.15, 0.2) is 54.6 Å². The summed E-state index contributed by atoms with van der Waals surface area (Å²) >= 11 is 11.1. The second-order valence-corrected chi connectivity index (χ2v) is 5.87. The number of halogens is 2.